The van der Waals surface area contributed by atoms with Gasteiger partial charge in [0.2, 0.25) is 0 Å². The molecule has 78 valence electrons. The van der Waals surface area contributed by atoms with Crippen LogP contribution in [0.3, 0.4) is 0 Å². The molecule has 1 unspecified atom stereocenters. The third kappa shape index (κ3) is 2.22. The Bertz CT molecular complexity index is 149. The fourth-order valence-electron chi connectivity index (χ4n) is 1.91. The fraction of sp³-hybridized carbons (Fsp3) is 1.00. The third-order valence-electron chi connectivity index (χ3n) is 2.89. The van der Waals surface area contributed by atoms with E-state index in [0.717, 1.165) is 6.42 Å². The molecule has 0 radical (unpaired) electrons. The predicted octanol–water partition coefficient (Wildman–Crippen LogP) is 0.629. The van der Waals surface area contributed by atoms with E-state index in [2.05, 4.69) is 19.2 Å². The zero-order valence-corrected chi connectivity index (χ0v) is 8.84. The molecule has 1 aliphatic heterocycles. The van der Waals surface area contributed by atoms with E-state index in [1.54, 1.807) is 0 Å². The van der Waals surface area contributed by atoms with E-state index in [-0.39, 0.29) is 12.0 Å². The standard InChI is InChI=1S/C10H21NO2/c1-8(2)4-9(11-3)10(5-12)6-13-7-10/h8-9,11-12H,4-7H2,1-3H3. The van der Waals surface area contributed by atoms with Crippen molar-refractivity contribution in [2.45, 2.75) is 26.3 Å². The second kappa shape index (κ2) is 4.40. The Morgan fingerprint density at radius 3 is 2.31 bits per heavy atom. The third-order valence-corrected chi connectivity index (χ3v) is 2.89. The highest BCUT2D eigenvalue weighted by atomic mass is 16.5. The van der Waals surface area contributed by atoms with E-state index in [9.17, 15) is 5.11 Å². The van der Waals surface area contributed by atoms with Gasteiger partial charge in [0.25, 0.3) is 0 Å². The van der Waals surface area contributed by atoms with E-state index in [0.29, 0.717) is 25.2 Å². The van der Waals surface area contributed by atoms with Crippen LogP contribution in [-0.4, -0.2) is 38.0 Å². The van der Waals surface area contributed by atoms with Gasteiger partial charge in [-0.3, -0.25) is 0 Å². The van der Waals surface area contributed by atoms with Crippen LogP contribution in [0.25, 0.3) is 0 Å². The van der Waals surface area contributed by atoms with Crippen molar-refractivity contribution in [3.05, 3.63) is 0 Å². The topological polar surface area (TPSA) is 41.5 Å². The monoisotopic (exact) mass is 187 g/mol. The van der Waals surface area contributed by atoms with Gasteiger partial charge in [-0.15, -0.1) is 0 Å². The van der Waals surface area contributed by atoms with Crippen LogP contribution < -0.4 is 5.32 Å². The maximum atomic E-state index is 9.33. The molecular formula is C10H21NO2. The van der Waals surface area contributed by atoms with Crippen molar-refractivity contribution in [2.24, 2.45) is 11.3 Å². The molecule has 0 bridgehead atoms. The van der Waals surface area contributed by atoms with E-state index < -0.39 is 0 Å². The summed E-state index contributed by atoms with van der Waals surface area (Å²) in [6.07, 6.45) is 1.10. The Morgan fingerprint density at radius 2 is 2.08 bits per heavy atom. The summed E-state index contributed by atoms with van der Waals surface area (Å²) < 4.78 is 5.19. The molecular weight excluding hydrogens is 166 g/mol. The smallest absolute Gasteiger partial charge is 0.0582 e. The van der Waals surface area contributed by atoms with Crippen LogP contribution in [0.1, 0.15) is 20.3 Å². The minimum absolute atomic E-state index is 0.0149. The lowest BCUT2D eigenvalue weighted by atomic mass is 9.76. The summed E-state index contributed by atoms with van der Waals surface area (Å²) in [5.41, 5.74) is -0.0149. The van der Waals surface area contributed by atoms with Gasteiger partial charge in [-0.05, 0) is 19.4 Å². The Balaban J connectivity index is 2.52. The molecule has 1 aliphatic rings. The molecule has 0 aromatic carbocycles. The van der Waals surface area contributed by atoms with Gasteiger partial charge >= 0.3 is 0 Å². The van der Waals surface area contributed by atoms with Crippen molar-refractivity contribution in [3.8, 4) is 0 Å². The average Bonchev–Trinajstić information content (AvgIpc) is 2.01. The normalized spacial score (nSPS) is 22.8. The Morgan fingerprint density at radius 1 is 1.46 bits per heavy atom. The number of aliphatic hydroxyl groups excluding tert-OH is 1. The minimum Gasteiger partial charge on any atom is -0.396 e. The van der Waals surface area contributed by atoms with Gasteiger partial charge in [0.15, 0.2) is 0 Å². The second-order valence-electron chi connectivity index (χ2n) is 4.48. The van der Waals surface area contributed by atoms with Crippen LogP contribution in [0.15, 0.2) is 0 Å². The molecule has 0 spiro atoms. The molecule has 1 fully saturated rings. The van der Waals surface area contributed by atoms with Crippen molar-refractivity contribution >= 4 is 0 Å². The summed E-state index contributed by atoms with van der Waals surface area (Å²) in [5, 5.41) is 12.6. The molecule has 0 aromatic rings. The van der Waals surface area contributed by atoms with Crippen molar-refractivity contribution < 1.29 is 9.84 Å². The lowest BCUT2D eigenvalue weighted by Crippen LogP contribution is -2.58. The fourth-order valence-corrected chi connectivity index (χ4v) is 1.91. The van der Waals surface area contributed by atoms with Crippen LogP contribution in [0.2, 0.25) is 0 Å². The van der Waals surface area contributed by atoms with Gasteiger partial charge in [-0.25, -0.2) is 0 Å². The number of hydrogen-bond donors (Lipinski definition) is 2. The summed E-state index contributed by atoms with van der Waals surface area (Å²) in [5.74, 6) is 0.654. The Kier molecular flexibility index (Phi) is 3.71. The van der Waals surface area contributed by atoms with E-state index in [1.807, 2.05) is 7.05 Å². The first-order valence-corrected chi connectivity index (χ1v) is 5.00. The molecule has 0 saturated carbocycles. The van der Waals surface area contributed by atoms with Crippen molar-refractivity contribution in [3.63, 3.8) is 0 Å². The number of rotatable bonds is 5. The Hall–Kier alpha value is -0.120. The van der Waals surface area contributed by atoms with Gasteiger partial charge in [0, 0.05) is 6.04 Å². The molecule has 1 atom stereocenters. The molecule has 3 nitrogen and oxygen atoms in total. The maximum Gasteiger partial charge on any atom is 0.0582 e. The van der Waals surface area contributed by atoms with Crippen molar-refractivity contribution in [1.29, 1.82) is 0 Å². The van der Waals surface area contributed by atoms with E-state index in [1.165, 1.54) is 0 Å². The predicted molar refractivity (Wildman–Crippen MR) is 52.6 cm³/mol. The molecule has 13 heavy (non-hydrogen) atoms. The van der Waals surface area contributed by atoms with Crippen LogP contribution in [0, 0.1) is 11.3 Å². The van der Waals surface area contributed by atoms with Gasteiger partial charge in [0.1, 0.15) is 0 Å². The quantitative estimate of drug-likeness (QED) is 0.663. The second-order valence-corrected chi connectivity index (χ2v) is 4.48. The van der Waals surface area contributed by atoms with E-state index in [4.69, 9.17) is 4.74 Å². The largest absolute Gasteiger partial charge is 0.396 e. The van der Waals surface area contributed by atoms with Gasteiger partial charge in [0.05, 0.1) is 25.2 Å². The molecule has 0 amide bonds. The molecule has 0 aromatic heterocycles. The SMILES string of the molecule is CNC(CC(C)C)C1(CO)COC1. The first-order valence-electron chi connectivity index (χ1n) is 5.00. The lowest BCUT2D eigenvalue weighted by Gasteiger charge is -2.46. The highest BCUT2D eigenvalue weighted by Gasteiger charge is 2.44. The van der Waals surface area contributed by atoms with Crippen LogP contribution >= 0.6 is 0 Å². The molecule has 0 aliphatic carbocycles. The van der Waals surface area contributed by atoms with Gasteiger partial charge < -0.3 is 15.2 Å². The summed E-state index contributed by atoms with van der Waals surface area (Å²) >= 11 is 0. The van der Waals surface area contributed by atoms with Crippen LogP contribution in [0.4, 0.5) is 0 Å². The number of nitrogens with one attached hydrogen (secondary N) is 1. The summed E-state index contributed by atoms with van der Waals surface area (Å²) in [4.78, 5) is 0. The van der Waals surface area contributed by atoms with Crippen LogP contribution in [-0.2, 0) is 4.74 Å². The average molecular weight is 187 g/mol. The first kappa shape index (κ1) is 11.0. The van der Waals surface area contributed by atoms with Gasteiger partial charge in [-0.2, -0.15) is 0 Å². The molecule has 1 heterocycles. The first-order chi connectivity index (χ1) is 6.14. The van der Waals surface area contributed by atoms with E-state index >= 15 is 0 Å². The summed E-state index contributed by atoms with van der Waals surface area (Å²) in [6, 6.07) is 0.381. The zero-order chi connectivity index (χ0) is 9.90. The van der Waals surface area contributed by atoms with Crippen molar-refractivity contribution in [2.75, 3.05) is 26.9 Å². The summed E-state index contributed by atoms with van der Waals surface area (Å²) in [6.45, 7) is 6.03. The molecule has 1 saturated heterocycles. The number of ether oxygens (including phenoxy) is 1. The highest BCUT2D eigenvalue weighted by molar-refractivity contribution is 4.95. The highest BCUT2D eigenvalue weighted by Crippen LogP contribution is 2.33. The zero-order valence-electron chi connectivity index (χ0n) is 8.84. The lowest BCUT2D eigenvalue weighted by molar-refractivity contribution is -0.156. The number of aliphatic hydroxyl groups is 1. The molecule has 1 rings (SSSR count). The maximum absolute atomic E-state index is 9.33. The minimum atomic E-state index is -0.0149. The van der Waals surface area contributed by atoms with Crippen LogP contribution in [0.5, 0.6) is 0 Å². The molecule has 3 heteroatoms. The summed E-state index contributed by atoms with van der Waals surface area (Å²) in [7, 11) is 1.96. The van der Waals surface area contributed by atoms with Gasteiger partial charge in [-0.1, -0.05) is 13.8 Å². The number of hydrogen-bond acceptors (Lipinski definition) is 3. The Labute approximate surface area is 80.5 Å². The molecule has 2 N–H and O–H groups in total. The van der Waals surface area contributed by atoms with Crippen molar-refractivity contribution in [1.82, 2.24) is 5.32 Å².